The molecule has 0 aliphatic carbocycles. The molecule has 0 saturated heterocycles. The van der Waals surface area contributed by atoms with Crippen molar-refractivity contribution in [3.8, 4) is 11.3 Å². The molecule has 3 rings (SSSR count). The summed E-state index contributed by atoms with van der Waals surface area (Å²) in [6.45, 7) is 6.01. The third-order valence-electron chi connectivity index (χ3n) is 4.30. The van der Waals surface area contributed by atoms with Crippen molar-refractivity contribution in [2.75, 3.05) is 29.9 Å². The number of benzene rings is 2. The van der Waals surface area contributed by atoms with Gasteiger partial charge in [0.1, 0.15) is 5.82 Å². The Morgan fingerprint density at radius 2 is 1.40 bits per heavy atom. The Morgan fingerprint density at radius 3 is 2.00 bits per heavy atom. The van der Waals surface area contributed by atoms with Gasteiger partial charge in [-0.05, 0) is 26.0 Å². The van der Waals surface area contributed by atoms with Gasteiger partial charge in [0.2, 0.25) is 5.95 Å². The van der Waals surface area contributed by atoms with E-state index in [0.717, 1.165) is 41.8 Å². The summed E-state index contributed by atoms with van der Waals surface area (Å²) in [5.74, 6) is 1.66. The zero-order valence-electron chi connectivity index (χ0n) is 15.1. The highest BCUT2D eigenvalue weighted by Gasteiger charge is 2.14. The van der Waals surface area contributed by atoms with Crippen LogP contribution in [-0.4, -0.2) is 30.1 Å². The summed E-state index contributed by atoms with van der Waals surface area (Å²) in [6.07, 6.45) is 0. The molecule has 0 saturated carbocycles. The van der Waals surface area contributed by atoms with E-state index >= 15 is 0 Å². The van der Waals surface area contributed by atoms with E-state index in [2.05, 4.69) is 54.0 Å². The van der Waals surface area contributed by atoms with E-state index in [-0.39, 0.29) is 0 Å². The first-order chi connectivity index (χ1) is 12.2. The monoisotopic (exact) mass is 332 g/mol. The largest absolute Gasteiger partial charge is 0.341 e. The molecule has 1 aromatic heterocycles. The Balaban J connectivity index is 2.09. The normalized spacial score (nSPS) is 10.5. The predicted molar refractivity (Wildman–Crippen MR) is 106 cm³/mol. The van der Waals surface area contributed by atoms with Crippen LogP contribution in [0, 0.1) is 0 Å². The van der Waals surface area contributed by atoms with Crippen LogP contribution >= 0.6 is 0 Å². The van der Waals surface area contributed by atoms with Crippen molar-refractivity contribution in [1.29, 1.82) is 0 Å². The maximum atomic E-state index is 4.82. The van der Waals surface area contributed by atoms with Gasteiger partial charge in [-0.3, -0.25) is 0 Å². The summed E-state index contributed by atoms with van der Waals surface area (Å²) in [5, 5.41) is 0. The average molecular weight is 332 g/mol. The maximum absolute atomic E-state index is 4.82. The van der Waals surface area contributed by atoms with Crippen LogP contribution < -0.4 is 9.80 Å². The minimum atomic E-state index is 0.768. The second kappa shape index (κ2) is 7.79. The van der Waals surface area contributed by atoms with Gasteiger partial charge < -0.3 is 9.80 Å². The number of hydrogen-bond acceptors (Lipinski definition) is 4. The highest BCUT2D eigenvalue weighted by molar-refractivity contribution is 5.68. The third-order valence-corrected chi connectivity index (χ3v) is 4.30. The number of hydrogen-bond donors (Lipinski definition) is 0. The van der Waals surface area contributed by atoms with Crippen LogP contribution in [0.2, 0.25) is 0 Å². The van der Waals surface area contributed by atoms with Gasteiger partial charge in [0, 0.05) is 37.5 Å². The molecule has 0 amide bonds. The molecule has 0 N–H and O–H groups in total. The van der Waals surface area contributed by atoms with Crippen molar-refractivity contribution < 1.29 is 0 Å². The molecule has 4 nitrogen and oxygen atoms in total. The lowest BCUT2D eigenvalue weighted by Crippen LogP contribution is -2.25. The molecule has 0 aliphatic heterocycles. The fourth-order valence-corrected chi connectivity index (χ4v) is 2.78. The van der Waals surface area contributed by atoms with Crippen LogP contribution in [0.1, 0.15) is 13.8 Å². The van der Waals surface area contributed by atoms with E-state index in [4.69, 9.17) is 9.97 Å². The Hall–Kier alpha value is -2.88. The van der Waals surface area contributed by atoms with Crippen LogP contribution in [-0.2, 0) is 0 Å². The topological polar surface area (TPSA) is 32.3 Å². The number of aromatic nitrogens is 2. The van der Waals surface area contributed by atoms with Crippen molar-refractivity contribution in [2.45, 2.75) is 13.8 Å². The molecule has 0 radical (unpaired) electrons. The Labute approximate surface area is 149 Å². The molecule has 0 aliphatic rings. The molecular weight excluding hydrogens is 308 g/mol. The van der Waals surface area contributed by atoms with Gasteiger partial charge >= 0.3 is 0 Å². The average Bonchev–Trinajstić information content (AvgIpc) is 2.69. The van der Waals surface area contributed by atoms with Crippen LogP contribution in [0.4, 0.5) is 17.5 Å². The summed E-state index contributed by atoms with van der Waals surface area (Å²) in [4.78, 5) is 13.9. The third kappa shape index (κ3) is 3.79. The summed E-state index contributed by atoms with van der Waals surface area (Å²) in [5.41, 5.74) is 3.14. The van der Waals surface area contributed by atoms with Gasteiger partial charge in [0.05, 0.1) is 5.69 Å². The van der Waals surface area contributed by atoms with Crippen molar-refractivity contribution in [1.82, 2.24) is 9.97 Å². The SMILES string of the molecule is CCN(CC)c1nc(-c2ccccc2)cc(N(C)c2ccccc2)n1. The maximum Gasteiger partial charge on any atom is 0.227 e. The lowest BCUT2D eigenvalue weighted by atomic mass is 10.1. The van der Waals surface area contributed by atoms with E-state index in [1.165, 1.54) is 0 Å². The smallest absolute Gasteiger partial charge is 0.227 e. The summed E-state index contributed by atoms with van der Waals surface area (Å²) in [6, 6.07) is 22.6. The number of rotatable bonds is 6. The van der Waals surface area contributed by atoms with Crippen LogP contribution in [0.5, 0.6) is 0 Å². The molecule has 0 fully saturated rings. The van der Waals surface area contributed by atoms with Crippen molar-refractivity contribution in [3.05, 3.63) is 66.7 Å². The van der Waals surface area contributed by atoms with Crippen LogP contribution in [0.15, 0.2) is 66.7 Å². The second-order valence-electron chi connectivity index (χ2n) is 5.84. The number of anilines is 3. The lowest BCUT2D eigenvalue weighted by Gasteiger charge is -2.24. The second-order valence-corrected chi connectivity index (χ2v) is 5.84. The minimum Gasteiger partial charge on any atom is -0.341 e. The van der Waals surface area contributed by atoms with E-state index in [1.54, 1.807) is 0 Å². The van der Waals surface area contributed by atoms with Crippen molar-refractivity contribution in [2.24, 2.45) is 0 Å². The zero-order chi connectivity index (χ0) is 17.6. The lowest BCUT2D eigenvalue weighted by molar-refractivity contribution is 0.820. The van der Waals surface area contributed by atoms with Gasteiger partial charge in [0.15, 0.2) is 0 Å². The first-order valence-corrected chi connectivity index (χ1v) is 8.71. The van der Waals surface area contributed by atoms with Gasteiger partial charge in [-0.15, -0.1) is 0 Å². The minimum absolute atomic E-state index is 0.768. The van der Waals surface area contributed by atoms with Gasteiger partial charge in [-0.1, -0.05) is 48.5 Å². The van der Waals surface area contributed by atoms with Crippen molar-refractivity contribution >= 4 is 17.5 Å². The molecule has 0 spiro atoms. The zero-order valence-corrected chi connectivity index (χ0v) is 15.1. The first-order valence-electron chi connectivity index (χ1n) is 8.71. The van der Waals surface area contributed by atoms with Crippen LogP contribution in [0.25, 0.3) is 11.3 Å². The molecule has 1 heterocycles. The molecule has 128 valence electrons. The first kappa shape index (κ1) is 17.0. The van der Waals surface area contributed by atoms with E-state index in [9.17, 15) is 0 Å². The highest BCUT2D eigenvalue weighted by Crippen LogP contribution is 2.28. The van der Waals surface area contributed by atoms with Gasteiger partial charge in [0.25, 0.3) is 0 Å². The fraction of sp³-hybridized carbons (Fsp3) is 0.238. The molecule has 2 aromatic carbocycles. The highest BCUT2D eigenvalue weighted by atomic mass is 15.3. The molecule has 25 heavy (non-hydrogen) atoms. The summed E-state index contributed by atoms with van der Waals surface area (Å²) < 4.78 is 0. The number of nitrogens with zero attached hydrogens (tertiary/aromatic N) is 4. The summed E-state index contributed by atoms with van der Waals surface area (Å²) >= 11 is 0. The Morgan fingerprint density at radius 1 is 0.800 bits per heavy atom. The van der Waals surface area contributed by atoms with Crippen LogP contribution in [0.3, 0.4) is 0 Å². The van der Waals surface area contributed by atoms with E-state index in [0.29, 0.717) is 0 Å². The molecule has 0 unspecified atom stereocenters. The molecule has 0 bridgehead atoms. The van der Waals surface area contributed by atoms with Crippen molar-refractivity contribution in [3.63, 3.8) is 0 Å². The van der Waals surface area contributed by atoms with E-state index in [1.807, 2.05) is 43.4 Å². The Bertz CT molecular complexity index is 799. The van der Waals surface area contributed by atoms with Gasteiger partial charge in [-0.2, -0.15) is 4.98 Å². The molecule has 3 aromatic rings. The number of para-hydroxylation sites is 1. The standard InChI is InChI=1S/C21H24N4/c1-4-25(5-2)21-22-19(17-12-8-6-9-13-17)16-20(23-21)24(3)18-14-10-7-11-15-18/h6-16H,4-5H2,1-3H3. The molecular formula is C21H24N4. The quantitative estimate of drug-likeness (QED) is 0.651. The molecule has 0 atom stereocenters. The molecule has 4 heteroatoms. The Kier molecular flexibility index (Phi) is 5.29. The fourth-order valence-electron chi connectivity index (χ4n) is 2.78. The summed E-state index contributed by atoms with van der Waals surface area (Å²) in [7, 11) is 2.04. The predicted octanol–water partition coefficient (Wildman–Crippen LogP) is 4.76. The van der Waals surface area contributed by atoms with Gasteiger partial charge in [-0.25, -0.2) is 4.98 Å². The van der Waals surface area contributed by atoms with E-state index < -0.39 is 0 Å².